The number of benzene rings is 2. The van der Waals surface area contributed by atoms with Crippen LogP contribution in [-0.2, 0) is 32.6 Å². The van der Waals surface area contributed by atoms with E-state index >= 15 is 0 Å². The summed E-state index contributed by atoms with van der Waals surface area (Å²) >= 11 is 0. The van der Waals surface area contributed by atoms with E-state index < -0.39 is 0 Å². The highest BCUT2D eigenvalue weighted by molar-refractivity contribution is 5.33. The van der Waals surface area contributed by atoms with Gasteiger partial charge < -0.3 is 0 Å². The van der Waals surface area contributed by atoms with Crippen molar-refractivity contribution >= 4 is 0 Å². The van der Waals surface area contributed by atoms with Crippen molar-refractivity contribution in [1.82, 2.24) is 14.0 Å². The molecule has 0 amide bonds. The second-order valence-corrected chi connectivity index (χ2v) is 8.10. The minimum Gasteiger partial charge on any atom is -0.297 e. The molecule has 0 saturated carbocycles. The van der Waals surface area contributed by atoms with Crippen molar-refractivity contribution in [1.29, 1.82) is 5.26 Å². The van der Waals surface area contributed by atoms with Crippen LogP contribution in [0.3, 0.4) is 0 Å². The van der Waals surface area contributed by atoms with Crippen LogP contribution in [0.1, 0.15) is 40.4 Å². The van der Waals surface area contributed by atoms with Gasteiger partial charge in [0.05, 0.1) is 23.7 Å². The summed E-state index contributed by atoms with van der Waals surface area (Å²) in [4.78, 5) is 28.7. The first kappa shape index (κ1) is 20.8. The van der Waals surface area contributed by atoms with E-state index in [4.69, 9.17) is 5.26 Å². The van der Waals surface area contributed by atoms with Crippen LogP contribution in [0.15, 0.2) is 58.1 Å². The molecule has 6 heteroatoms. The van der Waals surface area contributed by atoms with Crippen LogP contribution in [-0.4, -0.2) is 20.6 Å². The van der Waals surface area contributed by atoms with Crippen molar-refractivity contribution in [3.05, 3.63) is 103 Å². The molecule has 0 aliphatic carbocycles. The maximum atomic E-state index is 13.4. The molecule has 1 aromatic heterocycles. The molecule has 2 heterocycles. The number of fused-ring (bicyclic) bond motifs is 1. The molecule has 3 aromatic rings. The highest BCUT2D eigenvalue weighted by Gasteiger charge is 2.25. The number of nitriles is 1. The van der Waals surface area contributed by atoms with Crippen molar-refractivity contribution in [2.24, 2.45) is 0 Å². The highest BCUT2D eigenvalue weighted by atomic mass is 16.2. The fraction of sp³-hybridized carbons (Fsp3) is 0.320. The molecule has 0 radical (unpaired) electrons. The summed E-state index contributed by atoms with van der Waals surface area (Å²) in [7, 11) is 0. The van der Waals surface area contributed by atoms with Crippen LogP contribution in [0.2, 0.25) is 0 Å². The number of aryl methyl sites for hydroxylation is 1. The number of nitrogens with zero attached hydrogens (tertiary/aromatic N) is 4. The van der Waals surface area contributed by atoms with Gasteiger partial charge in [-0.1, -0.05) is 42.0 Å². The fourth-order valence-corrected chi connectivity index (χ4v) is 4.28. The molecule has 0 saturated heterocycles. The minimum absolute atomic E-state index is 0.194. The smallest absolute Gasteiger partial charge is 0.297 e. The lowest BCUT2D eigenvalue weighted by Gasteiger charge is -2.30. The Balaban J connectivity index is 1.68. The first-order chi connectivity index (χ1) is 15.0. The molecular formula is C25H26N4O2. The van der Waals surface area contributed by atoms with Crippen LogP contribution in [0.5, 0.6) is 0 Å². The summed E-state index contributed by atoms with van der Waals surface area (Å²) in [5, 5.41) is 9.14. The third kappa shape index (κ3) is 4.23. The molecule has 2 aromatic carbocycles. The van der Waals surface area contributed by atoms with Crippen LogP contribution < -0.4 is 11.2 Å². The fourth-order valence-electron chi connectivity index (χ4n) is 4.28. The van der Waals surface area contributed by atoms with Crippen molar-refractivity contribution in [2.75, 3.05) is 6.54 Å². The van der Waals surface area contributed by atoms with Gasteiger partial charge in [0.25, 0.3) is 5.56 Å². The molecule has 1 aliphatic heterocycles. The van der Waals surface area contributed by atoms with Gasteiger partial charge >= 0.3 is 5.69 Å². The van der Waals surface area contributed by atoms with Crippen LogP contribution in [0, 0.1) is 18.3 Å². The zero-order chi connectivity index (χ0) is 22.0. The van der Waals surface area contributed by atoms with E-state index in [1.807, 2.05) is 56.3 Å². The standard InChI is InChI=1S/C25H26N4O2/c1-3-28-23-11-12-27(15-21-6-4-5-20(13-21)14-26)17-22(23)24(30)29(25(28)31)16-19-9-7-18(2)8-10-19/h4-10,13H,3,11-12,15-17H2,1-2H3. The number of hydrogen-bond donors (Lipinski definition) is 0. The summed E-state index contributed by atoms with van der Waals surface area (Å²) in [5.41, 5.74) is 4.90. The third-order valence-electron chi connectivity index (χ3n) is 5.93. The Morgan fingerprint density at radius 1 is 1.00 bits per heavy atom. The Hall–Kier alpha value is -3.43. The van der Waals surface area contributed by atoms with Crippen molar-refractivity contribution < 1.29 is 0 Å². The van der Waals surface area contributed by atoms with E-state index in [9.17, 15) is 9.59 Å². The Kier molecular flexibility index (Phi) is 5.88. The average molecular weight is 415 g/mol. The zero-order valence-corrected chi connectivity index (χ0v) is 18.0. The molecule has 0 spiro atoms. The molecule has 4 rings (SSSR count). The van der Waals surface area contributed by atoms with Crippen molar-refractivity contribution in [3.8, 4) is 6.07 Å². The van der Waals surface area contributed by atoms with Gasteiger partial charge in [0, 0.05) is 38.3 Å². The Morgan fingerprint density at radius 3 is 2.48 bits per heavy atom. The third-order valence-corrected chi connectivity index (χ3v) is 5.93. The largest absolute Gasteiger partial charge is 0.331 e. The quantitative estimate of drug-likeness (QED) is 0.644. The lowest BCUT2D eigenvalue weighted by atomic mass is 10.0. The molecule has 0 N–H and O–H groups in total. The van der Waals surface area contributed by atoms with Crippen LogP contribution in [0.25, 0.3) is 0 Å². The molecular weight excluding hydrogens is 388 g/mol. The summed E-state index contributed by atoms with van der Waals surface area (Å²) in [5.74, 6) is 0. The summed E-state index contributed by atoms with van der Waals surface area (Å²) in [6.45, 7) is 6.71. The molecule has 0 unspecified atom stereocenters. The second-order valence-electron chi connectivity index (χ2n) is 8.10. The molecule has 0 atom stereocenters. The Bertz CT molecular complexity index is 1260. The van der Waals surface area contributed by atoms with Crippen molar-refractivity contribution in [3.63, 3.8) is 0 Å². The predicted molar refractivity (Wildman–Crippen MR) is 120 cm³/mol. The highest BCUT2D eigenvalue weighted by Crippen LogP contribution is 2.18. The van der Waals surface area contributed by atoms with Gasteiger partial charge in [-0.25, -0.2) is 4.79 Å². The van der Waals surface area contributed by atoms with E-state index in [1.54, 1.807) is 10.6 Å². The SMILES string of the molecule is CCn1c2c(c(=O)n(Cc3ccc(C)cc3)c1=O)CN(Cc1cccc(C#N)c1)CC2. The zero-order valence-electron chi connectivity index (χ0n) is 18.0. The number of rotatable bonds is 5. The summed E-state index contributed by atoms with van der Waals surface area (Å²) < 4.78 is 3.12. The molecule has 1 aliphatic rings. The second kappa shape index (κ2) is 8.75. The lowest BCUT2D eigenvalue weighted by Crippen LogP contribution is -2.47. The maximum Gasteiger partial charge on any atom is 0.331 e. The summed E-state index contributed by atoms with van der Waals surface area (Å²) in [6.07, 6.45) is 0.664. The molecule has 158 valence electrons. The molecule has 31 heavy (non-hydrogen) atoms. The monoisotopic (exact) mass is 414 g/mol. The Labute approximate surface area is 181 Å². The van der Waals surface area contributed by atoms with Gasteiger partial charge in [-0.2, -0.15) is 5.26 Å². The average Bonchev–Trinajstić information content (AvgIpc) is 2.79. The topological polar surface area (TPSA) is 71.0 Å². The van der Waals surface area contributed by atoms with Crippen molar-refractivity contribution in [2.45, 2.75) is 46.4 Å². The molecule has 0 bridgehead atoms. The van der Waals surface area contributed by atoms with E-state index in [0.717, 1.165) is 28.9 Å². The lowest BCUT2D eigenvalue weighted by molar-refractivity contribution is 0.236. The minimum atomic E-state index is -0.234. The predicted octanol–water partition coefficient (Wildman–Crippen LogP) is 2.82. The molecule has 0 fully saturated rings. The summed E-state index contributed by atoms with van der Waals surface area (Å²) in [6, 6.07) is 17.7. The van der Waals surface area contributed by atoms with Gasteiger partial charge in [0.1, 0.15) is 0 Å². The first-order valence-corrected chi connectivity index (χ1v) is 10.6. The van der Waals surface area contributed by atoms with E-state index in [-0.39, 0.29) is 17.8 Å². The van der Waals surface area contributed by atoms with Crippen LogP contribution in [0.4, 0.5) is 0 Å². The van der Waals surface area contributed by atoms with Crippen LogP contribution >= 0.6 is 0 Å². The number of hydrogen-bond acceptors (Lipinski definition) is 4. The van der Waals surface area contributed by atoms with Gasteiger partial charge in [0.15, 0.2) is 0 Å². The van der Waals surface area contributed by atoms with Gasteiger partial charge in [-0.15, -0.1) is 0 Å². The number of aromatic nitrogens is 2. The molecule has 6 nitrogen and oxygen atoms in total. The van der Waals surface area contributed by atoms with E-state index in [1.165, 1.54) is 4.57 Å². The first-order valence-electron chi connectivity index (χ1n) is 10.6. The van der Waals surface area contributed by atoms with E-state index in [2.05, 4.69) is 11.0 Å². The Morgan fingerprint density at radius 2 is 1.77 bits per heavy atom. The van der Waals surface area contributed by atoms with Gasteiger partial charge in [-0.05, 0) is 37.1 Å². The van der Waals surface area contributed by atoms with E-state index in [0.29, 0.717) is 37.2 Å². The van der Waals surface area contributed by atoms with Gasteiger partial charge in [0.2, 0.25) is 0 Å². The maximum absolute atomic E-state index is 13.4. The normalized spacial score (nSPS) is 13.6. The van der Waals surface area contributed by atoms with Gasteiger partial charge in [-0.3, -0.25) is 18.8 Å².